The maximum absolute atomic E-state index is 5.36. The molecule has 0 fully saturated rings. The second kappa shape index (κ2) is 14.3. The van der Waals surface area contributed by atoms with Crippen molar-refractivity contribution in [1.29, 1.82) is 0 Å². The third-order valence-corrected chi connectivity index (χ3v) is 12.1. The summed E-state index contributed by atoms with van der Waals surface area (Å²) in [6.45, 7) is 0. The van der Waals surface area contributed by atoms with E-state index in [2.05, 4.69) is 217 Å². The van der Waals surface area contributed by atoms with Crippen LogP contribution in [0.25, 0.3) is 116 Å². The van der Waals surface area contributed by atoms with E-state index in [-0.39, 0.29) is 0 Å². The first-order valence-corrected chi connectivity index (χ1v) is 20.7. The Hall–Kier alpha value is -8.21. The van der Waals surface area contributed by atoms with Gasteiger partial charge in [-0.2, -0.15) is 0 Å². The van der Waals surface area contributed by atoms with Crippen LogP contribution < -0.4 is 0 Å². The zero-order valence-corrected chi connectivity index (χ0v) is 33.1. The lowest BCUT2D eigenvalue weighted by molar-refractivity contribution is 1.06. The summed E-state index contributed by atoms with van der Waals surface area (Å²) in [7, 11) is 0. The van der Waals surface area contributed by atoms with Gasteiger partial charge in [0.05, 0.1) is 16.7 Å². The zero-order valence-electron chi connectivity index (χ0n) is 33.1. The van der Waals surface area contributed by atoms with E-state index in [0.717, 1.165) is 44.5 Å². The average Bonchev–Trinajstić information content (AvgIpc) is 3.68. The molecule has 2 heterocycles. The summed E-state index contributed by atoms with van der Waals surface area (Å²) in [4.78, 5) is 15.9. The molecule has 0 saturated heterocycles. The molecule has 12 rings (SSSR count). The van der Waals surface area contributed by atoms with Gasteiger partial charge in [-0.05, 0) is 91.0 Å². The first-order valence-electron chi connectivity index (χ1n) is 20.7. The average molecular weight is 777 g/mol. The van der Waals surface area contributed by atoms with Crippen LogP contribution in [0.1, 0.15) is 0 Å². The third-order valence-electron chi connectivity index (χ3n) is 12.1. The second-order valence-corrected chi connectivity index (χ2v) is 15.6. The fourth-order valence-corrected chi connectivity index (χ4v) is 9.14. The van der Waals surface area contributed by atoms with E-state index in [1.165, 1.54) is 54.2 Å². The predicted octanol–water partition coefficient (Wildman–Crippen LogP) is 14.8. The summed E-state index contributed by atoms with van der Waals surface area (Å²) in [6, 6.07) is 77.5. The van der Waals surface area contributed by atoms with Gasteiger partial charge < -0.3 is 4.57 Å². The lowest BCUT2D eigenvalue weighted by Gasteiger charge is -2.15. The van der Waals surface area contributed by atoms with Gasteiger partial charge in [0.25, 0.3) is 0 Å². The highest BCUT2D eigenvalue weighted by Gasteiger charge is 2.20. The number of hydrogen-bond acceptors (Lipinski definition) is 3. The Morgan fingerprint density at radius 3 is 1.36 bits per heavy atom. The van der Waals surface area contributed by atoms with Gasteiger partial charge >= 0.3 is 0 Å². The molecule has 0 radical (unpaired) electrons. The quantitative estimate of drug-likeness (QED) is 0.158. The lowest BCUT2D eigenvalue weighted by Crippen LogP contribution is -2.03. The molecule has 0 N–H and O–H groups in total. The standard InChI is InChI=1S/C57H36N4/c1-3-15-37(16-4-1)39-27-29-40(30-28-39)55-58-56(42-31-33-47-45-21-8-7-19-43(45)44-20-9-10-22-46(44)50(47)36-42)60-57(59-55)49-24-12-14-26-53(49)61-52-25-13-11-23-48(52)51-35-41(32-34-54(51)61)38-17-5-2-6-18-38/h1-36H. The number of aromatic nitrogens is 4. The van der Waals surface area contributed by atoms with E-state index in [9.17, 15) is 0 Å². The maximum atomic E-state index is 5.36. The molecular formula is C57H36N4. The van der Waals surface area contributed by atoms with Crippen molar-refractivity contribution in [3.8, 4) is 62.1 Å². The molecule has 0 aliphatic heterocycles. The van der Waals surface area contributed by atoms with E-state index >= 15 is 0 Å². The van der Waals surface area contributed by atoms with Crippen molar-refractivity contribution in [3.63, 3.8) is 0 Å². The molecule has 0 unspecified atom stereocenters. The normalized spacial score (nSPS) is 11.6. The summed E-state index contributed by atoms with van der Waals surface area (Å²) < 4.78 is 2.36. The Morgan fingerprint density at radius 2 is 0.672 bits per heavy atom. The summed E-state index contributed by atoms with van der Waals surface area (Å²) in [5.74, 6) is 1.85. The predicted molar refractivity (Wildman–Crippen MR) is 254 cm³/mol. The molecule has 4 nitrogen and oxygen atoms in total. The van der Waals surface area contributed by atoms with E-state index in [1.54, 1.807) is 0 Å². The summed E-state index contributed by atoms with van der Waals surface area (Å²) >= 11 is 0. The fraction of sp³-hybridized carbons (Fsp3) is 0. The molecule has 0 aliphatic carbocycles. The molecule has 0 bridgehead atoms. The van der Waals surface area contributed by atoms with Crippen molar-refractivity contribution in [2.75, 3.05) is 0 Å². The van der Waals surface area contributed by atoms with Crippen LogP contribution in [0.15, 0.2) is 218 Å². The summed E-state index contributed by atoms with van der Waals surface area (Å²) in [6.07, 6.45) is 0. The van der Waals surface area contributed by atoms with Crippen molar-refractivity contribution in [2.24, 2.45) is 0 Å². The van der Waals surface area contributed by atoms with E-state index < -0.39 is 0 Å². The molecule has 61 heavy (non-hydrogen) atoms. The molecule has 10 aromatic carbocycles. The Bertz CT molecular complexity index is 3590. The second-order valence-electron chi connectivity index (χ2n) is 15.6. The Kier molecular flexibility index (Phi) is 8.13. The van der Waals surface area contributed by atoms with E-state index in [4.69, 9.17) is 15.0 Å². The van der Waals surface area contributed by atoms with Gasteiger partial charge in [-0.15, -0.1) is 0 Å². The van der Waals surface area contributed by atoms with Crippen LogP contribution >= 0.6 is 0 Å². The van der Waals surface area contributed by atoms with Crippen LogP contribution in [0.3, 0.4) is 0 Å². The minimum atomic E-state index is 0.609. The van der Waals surface area contributed by atoms with Gasteiger partial charge in [-0.25, -0.2) is 15.0 Å². The van der Waals surface area contributed by atoms with Gasteiger partial charge in [0, 0.05) is 27.5 Å². The van der Waals surface area contributed by atoms with Gasteiger partial charge in [-0.1, -0.05) is 182 Å². The number of rotatable bonds is 6. The molecule has 0 saturated carbocycles. The Balaban J connectivity index is 1.08. The van der Waals surface area contributed by atoms with Gasteiger partial charge in [0.2, 0.25) is 0 Å². The maximum Gasteiger partial charge on any atom is 0.166 e. The summed E-state index contributed by atoms with van der Waals surface area (Å²) in [5, 5.41) is 9.67. The van der Waals surface area contributed by atoms with Crippen LogP contribution in [0, 0.1) is 0 Å². The molecule has 0 aliphatic rings. The number of benzene rings is 10. The SMILES string of the molecule is c1ccc(-c2ccc(-c3nc(-c4ccc5c6ccccc6c6ccccc6c5c4)nc(-c4ccccc4-n4c5ccccc5c5cc(-c6ccccc6)ccc54)n3)cc2)cc1. The van der Waals surface area contributed by atoms with Gasteiger partial charge in [0.1, 0.15) is 0 Å². The first kappa shape index (κ1) is 34.8. The Morgan fingerprint density at radius 1 is 0.246 bits per heavy atom. The molecule has 12 aromatic rings. The minimum absolute atomic E-state index is 0.609. The van der Waals surface area contributed by atoms with Crippen molar-refractivity contribution >= 4 is 54.1 Å². The molecule has 0 spiro atoms. The van der Waals surface area contributed by atoms with Crippen LogP contribution in [0.4, 0.5) is 0 Å². The van der Waals surface area contributed by atoms with Crippen LogP contribution in [-0.2, 0) is 0 Å². The first-order chi connectivity index (χ1) is 30.2. The molecule has 0 amide bonds. The van der Waals surface area contributed by atoms with Crippen molar-refractivity contribution in [1.82, 2.24) is 19.5 Å². The number of fused-ring (bicyclic) bond motifs is 9. The smallest absolute Gasteiger partial charge is 0.166 e. The molecular weight excluding hydrogens is 741 g/mol. The highest BCUT2D eigenvalue weighted by Crippen LogP contribution is 2.40. The van der Waals surface area contributed by atoms with Gasteiger partial charge in [-0.3, -0.25) is 0 Å². The molecule has 284 valence electrons. The van der Waals surface area contributed by atoms with Crippen LogP contribution in [-0.4, -0.2) is 19.5 Å². The van der Waals surface area contributed by atoms with E-state index in [1.807, 2.05) is 6.07 Å². The summed E-state index contributed by atoms with van der Waals surface area (Å²) in [5.41, 5.74) is 10.7. The number of nitrogens with zero attached hydrogens (tertiary/aromatic N) is 4. The van der Waals surface area contributed by atoms with Crippen LogP contribution in [0.5, 0.6) is 0 Å². The molecule has 4 heteroatoms. The monoisotopic (exact) mass is 776 g/mol. The number of hydrogen-bond donors (Lipinski definition) is 0. The minimum Gasteiger partial charge on any atom is -0.309 e. The van der Waals surface area contributed by atoms with Crippen LogP contribution in [0.2, 0.25) is 0 Å². The van der Waals surface area contributed by atoms with Crippen molar-refractivity contribution in [3.05, 3.63) is 218 Å². The Labute approximate surface area is 352 Å². The highest BCUT2D eigenvalue weighted by molar-refractivity contribution is 6.25. The fourth-order valence-electron chi connectivity index (χ4n) is 9.14. The third kappa shape index (κ3) is 5.88. The zero-order chi connectivity index (χ0) is 40.3. The van der Waals surface area contributed by atoms with E-state index in [0.29, 0.717) is 17.5 Å². The molecule has 2 aromatic heterocycles. The highest BCUT2D eigenvalue weighted by atomic mass is 15.1. The number of para-hydroxylation sites is 2. The topological polar surface area (TPSA) is 43.6 Å². The molecule has 0 atom stereocenters. The van der Waals surface area contributed by atoms with Crippen molar-refractivity contribution in [2.45, 2.75) is 0 Å². The van der Waals surface area contributed by atoms with Gasteiger partial charge in [0.15, 0.2) is 17.5 Å². The van der Waals surface area contributed by atoms with Crippen molar-refractivity contribution < 1.29 is 0 Å². The lowest BCUT2D eigenvalue weighted by atomic mass is 9.93. The largest absolute Gasteiger partial charge is 0.309 e.